The molecule has 1 aromatic rings. The van der Waals surface area contributed by atoms with Crippen LogP contribution in [0.3, 0.4) is 0 Å². The van der Waals surface area contributed by atoms with Gasteiger partial charge in [-0.3, -0.25) is 14.5 Å². The number of fused-ring (bicyclic) bond motifs is 1. The highest BCUT2D eigenvalue weighted by Crippen LogP contribution is 2.23. The van der Waals surface area contributed by atoms with Gasteiger partial charge >= 0.3 is 5.97 Å². The molecule has 0 amide bonds. The zero-order valence-electron chi connectivity index (χ0n) is 16.2. The van der Waals surface area contributed by atoms with Crippen molar-refractivity contribution in [2.75, 3.05) is 25.0 Å². The Morgan fingerprint density at radius 3 is 2.81 bits per heavy atom. The van der Waals surface area contributed by atoms with Crippen LogP contribution < -0.4 is 5.32 Å². The number of hydrogen-bond donors (Lipinski definition) is 2. The molecule has 1 unspecified atom stereocenters. The summed E-state index contributed by atoms with van der Waals surface area (Å²) in [5, 5.41) is 12.5. The van der Waals surface area contributed by atoms with Crippen LogP contribution in [-0.2, 0) is 22.4 Å². The molecule has 0 aliphatic carbocycles. The van der Waals surface area contributed by atoms with Gasteiger partial charge in [0.05, 0.1) is 0 Å². The van der Waals surface area contributed by atoms with Crippen LogP contribution >= 0.6 is 0 Å². The van der Waals surface area contributed by atoms with Crippen LogP contribution in [0.15, 0.2) is 12.1 Å². The van der Waals surface area contributed by atoms with E-state index in [1.807, 2.05) is 4.90 Å². The number of unbranched alkanes of at least 4 members (excludes halogenated alkanes) is 1. The predicted molar refractivity (Wildman–Crippen MR) is 105 cm³/mol. The van der Waals surface area contributed by atoms with Gasteiger partial charge in [0.1, 0.15) is 17.6 Å². The van der Waals surface area contributed by atoms with Crippen LogP contribution in [-0.4, -0.2) is 52.4 Å². The van der Waals surface area contributed by atoms with Crippen LogP contribution in [0.4, 0.5) is 5.82 Å². The van der Waals surface area contributed by atoms with Crippen molar-refractivity contribution in [1.82, 2.24) is 9.88 Å². The van der Waals surface area contributed by atoms with Crippen LogP contribution in [0.1, 0.15) is 56.7 Å². The highest BCUT2D eigenvalue weighted by atomic mass is 16.4. The number of nitrogens with one attached hydrogen (secondary N) is 1. The summed E-state index contributed by atoms with van der Waals surface area (Å²) in [4.78, 5) is 30.2. The van der Waals surface area contributed by atoms with Crippen LogP contribution in [0, 0.1) is 5.92 Å². The minimum absolute atomic E-state index is 0.105. The molecule has 6 heteroatoms. The average molecular weight is 373 g/mol. The second-order valence-electron chi connectivity index (χ2n) is 7.84. The molecule has 0 bridgehead atoms. The molecule has 27 heavy (non-hydrogen) atoms. The number of aliphatic carboxylic acids is 1. The van der Waals surface area contributed by atoms with Gasteiger partial charge in [0, 0.05) is 24.6 Å². The fraction of sp³-hybridized carbons (Fsp3) is 0.667. The van der Waals surface area contributed by atoms with E-state index in [1.54, 1.807) is 6.92 Å². The predicted octanol–water partition coefficient (Wildman–Crippen LogP) is 2.91. The molecule has 1 fully saturated rings. The molecule has 2 aliphatic rings. The summed E-state index contributed by atoms with van der Waals surface area (Å²) in [6.45, 7) is 4.13. The van der Waals surface area contributed by atoms with E-state index >= 15 is 0 Å². The first-order valence-electron chi connectivity index (χ1n) is 10.3. The molecule has 0 spiro atoms. The summed E-state index contributed by atoms with van der Waals surface area (Å²) in [5.41, 5.74) is 2.41. The van der Waals surface area contributed by atoms with Gasteiger partial charge in [-0.2, -0.15) is 0 Å². The first kappa shape index (κ1) is 19.8. The first-order chi connectivity index (χ1) is 13.0. The maximum atomic E-state index is 12.5. The van der Waals surface area contributed by atoms with Gasteiger partial charge in [-0.25, -0.2) is 4.98 Å². The summed E-state index contributed by atoms with van der Waals surface area (Å²) in [7, 11) is 0. The molecule has 0 aromatic carbocycles. The molecule has 0 saturated carbocycles. The quantitative estimate of drug-likeness (QED) is 0.682. The smallest absolute Gasteiger partial charge is 0.320 e. The zero-order valence-corrected chi connectivity index (χ0v) is 16.2. The van der Waals surface area contributed by atoms with Crippen molar-refractivity contribution in [3.05, 3.63) is 23.4 Å². The van der Waals surface area contributed by atoms with E-state index in [-0.39, 0.29) is 5.92 Å². The summed E-state index contributed by atoms with van der Waals surface area (Å²) in [6.07, 6.45) is 7.27. The number of piperidine rings is 1. The summed E-state index contributed by atoms with van der Waals surface area (Å²) < 4.78 is 0. The number of ketones is 1. The third-order valence-electron chi connectivity index (χ3n) is 5.95. The lowest BCUT2D eigenvalue weighted by molar-refractivity contribution is -0.143. The zero-order chi connectivity index (χ0) is 19.2. The Balaban J connectivity index is 1.36. The molecular formula is C21H31N3O3. The molecular weight excluding hydrogens is 342 g/mol. The highest BCUT2D eigenvalue weighted by Gasteiger charge is 2.29. The molecule has 2 aliphatic heterocycles. The molecule has 3 rings (SSSR count). The van der Waals surface area contributed by atoms with E-state index in [1.165, 1.54) is 12.0 Å². The Hall–Kier alpha value is -1.95. The number of carbonyl (C=O) groups is 2. The van der Waals surface area contributed by atoms with E-state index < -0.39 is 12.0 Å². The number of hydrogen-bond acceptors (Lipinski definition) is 5. The van der Waals surface area contributed by atoms with Crippen LogP contribution in [0.2, 0.25) is 0 Å². The Bertz CT molecular complexity index is 669. The van der Waals surface area contributed by atoms with Crippen molar-refractivity contribution in [3.63, 3.8) is 0 Å². The Morgan fingerprint density at radius 1 is 1.30 bits per heavy atom. The normalized spacial score (nSPS) is 19.1. The van der Waals surface area contributed by atoms with E-state index in [0.29, 0.717) is 25.3 Å². The fourth-order valence-corrected chi connectivity index (χ4v) is 4.08. The van der Waals surface area contributed by atoms with Crippen molar-refractivity contribution >= 4 is 17.6 Å². The molecule has 6 nitrogen and oxygen atoms in total. The van der Waals surface area contributed by atoms with Gasteiger partial charge in [0.25, 0.3) is 0 Å². The van der Waals surface area contributed by atoms with Gasteiger partial charge in [-0.15, -0.1) is 0 Å². The number of carboxylic acids is 1. The number of pyridine rings is 1. The van der Waals surface area contributed by atoms with E-state index in [0.717, 1.165) is 56.6 Å². The molecule has 1 aromatic heterocycles. The van der Waals surface area contributed by atoms with Gasteiger partial charge in [-0.1, -0.05) is 6.07 Å². The minimum atomic E-state index is -0.786. The lowest BCUT2D eigenvalue weighted by Gasteiger charge is -2.33. The van der Waals surface area contributed by atoms with E-state index in [2.05, 4.69) is 17.4 Å². The number of rotatable bonds is 8. The van der Waals surface area contributed by atoms with Crippen molar-refractivity contribution < 1.29 is 14.7 Å². The fourth-order valence-electron chi connectivity index (χ4n) is 4.08. The lowest BCUT2D eigenvalue weighted by atomic mass is 9.89. The van der Waals surface area contributed by atoms with Crippen molar-refractivity contribution in [3.8, 4) is 0 Å². The molecule has 2 N–H and O–H groups in total. The third kappa shape index (κ3) is 5.28. The number of carboxylic acid groups (broad SMARTS) is 1. The standard InChI is InChI=1S/C21H31N3O3/c1-15(21(26)27)24-13-10-16(11-14-24)19(25)7-3-2-6-18-9-8-17-5-4-12-22-20(17)23-18/h8-9,15-16H,2-7,10-14H2,1H3,(H,22,23)(H,26,27). The molecule has 1 saturated heterocycles. The summed E-state index contributed by atoms with van der Waals surface area (Å²) >= 11 is 0. The number of aryl methyl sites for hydroxylation is 2. The second kappa shape index (κ2) is 9.31. The SMILES string of the molecule is CC(C(=O)O)N1CCC(C(=O)CCCCc2ccc3c(n2)NCCC3)CC1. The topological polar surface area (TPSA) is 82.5 Å². The second-order valence-corrected chi connectivity index (χ2v) is 7.84. The summed E-state index contributed by atoms with van der Waals surface area (Å²) in [6, 6.07) is 3.84. The van der Waals surface area contributed by atoms with Gasteiger partial charge < -0.3 is 10.4 Å². The largest absolute Gasteiger partial charge is 0.480 e. The monoisotopic (exact) mass is 373 g/mol. The number of anilines is 1. The average Bonchev–Trinajstić information content (AvgIpc) is 2.70. The number of aromatic nitrogens is 1. The van der Waals surface area contributed by atoms with E-state index in [4.69, 9.17) is 10.1 Å². The molecule has 3 heterocycles. The summed E-state index contributed by atoms with van der Waals surface area (Å²) in [5.74, 6) is 0.703. The Kier molecular flexibility index (Phi) is 6.83. The molecule has 0 radical (unpaired) electrons. The minimum Gasteiger partial charge on any atom is -0.480 e. The number of carbonyl (C=O) groups excluding carboxylic acids is 1. The Morgan fingerprint density at radius 2 is 2.07 bits per heavy atom. The van der Waals surface area contributed by atoms with Crippen molar-refractivity contribution in [2.45, 2.75) is 64.3 Å². The number of Topliss-reactive ketones (excluding diaryl/α,β-unsaturated/α-hetero) is 1. The van der Waals surface area contributed by atoms with Crippen molar-refractivity contribution in [2.24, 2.45) is 5.92 Å². The number of nitrogens with zero attached hydrogens (tertiary/aromatic N) is 2. The Labute approximate surface area is 161 Å². The number of likely N-dealkylation sites (tertiary alicyclic amines) is 1. The van der Waals surface area contributed by atoms with E-state index in [9.17, 15) is 9.59 Å². The van der Waals surface area contributed by atoms with Crippen LogP contribution in [0.25, 0.3) is 0 Å². The van der Waals surface area contributed by atoms with Gasteiger partial charge in [0.2, 0.25) is 0 Å². The third-order valence-corrected chi connectivity index (χ3v) is 5.95. The molecule has 1 atom stereocenters. The first-order valence-corrected chi connectivity index (χ1v) is 10.3. The van der Waals surface area contributed by atoms with Gasteiger partial charge in [0.15, 0.2) is 0 Å². The maximum absolute atomic E-state index is 12.5. The lowest BCUT2D eigenvalue weighted by Crippen LogP contribution is -2.45. The van der Waals surface area contributed by atoms with Crippen LogP contribution in [0.5, 0.6) is 0 Å². The highest BCUT2D eigenvalue weighted by molar-refractivity contribution is 5.81. The van der Waals surface area contributed by atoms with Gasteiger partial charge in [-0.05, 0) is 76.6 Å². The van der Waals surface area contributed by atoms with Crippen molar-refractivity contribution in [1.29, 1.82) is 0 Å². The molecule has 148 valence electrons. The maximum Gasteiger partial charge on any atom is 0.320 e.